The highest BCUT2D eigenvalue weighted by atomic mass is 35.5. The van der Waals surface area contributed by atoms with Gasteiger partial charge < -0.3 is 15.0 Å². The fourth-order valence-electron chi connectivity index (χ4n) is 5.09. The Morgan fingerprint density at radius 2 is 1.59 bits per heavy atom. The van der Waals surface area contributed by atoms with E-state index in [9.17, 15) is 9.59 Å². The lowest BCUT2D eigenvalue weighted by molar-refractivity contribution is -0.143. The number of carbonyl (C=O) groups is 2. The van der Waals surface area contributed by atoms with E-state index in [0.717, 1.165) is 36.8 Å². The first-order chi connectivity index (χ1) is 18.9. The fourth-order valence-corrected chi connectivity index (χ4v) is 5.28. The Balaban J connectivity index is 1.59. The van der Waals surface area contributed by atoms with Crippen LogP contribution < -0.4 is 10.1 Å². The van der Waals surface area contributed by atoms with E-state index in [-0.39, 0.29) is 31.0 Å². The van der Waals surface area contributed by atoms with E-state index in [4.69, 9.17) is 16.3 Å². The maximum Gasteiger partial charge on any atom is 0.261 e. The van der Waals surface area contributed by atoms with Gasteiger partial charge in [0.2, 0.25) is 5.91 Å². The Labute approximate surface area is 237 Å². The lowest BCUT2D eigenvalue weighted by Crippen LogP contribution is -2.53. The van der Waals surface area contributed by atoms with Crippen LogP contribution in [0.25, 0.3) is 0 Å². The smallest absolute Gasteiger partial charge is 0.261 e. The van der Waals surface area contributed by atoms with Gasteiger partial charge >= 0.3 is 0 Å². The lowest BCUT2D eigenvalue weighted by atomic mass is 9.94. The molecule has 6 heteroatoms. The second-order valence-electron chi connectivity index (χ2n) is 10.7. The Morgan fingerprint density at radius 1 is 0.923 bits per heavy atom. The van der Waals surface area contributed by atoms with Crippen molar-refractivity contribution >= 4 is 23.4 Å². The zero-order chi connectivity index (χ0) is 27.6. The number of nitrogens with zero attached hydrogens (tertiary/aromatic N) is 1. The van der Waals surface area contributed by atoms with Crippen molar-refractivity contribution in [2.45, 2.75) is 76.9 Å². The largest absolute Gasteiger partial charge is 0.484 e. The van der Waals surface area contributed by atoms with Gasteiger partial charge in [0.25, 0.3) is 5.91 Å². The molecule has 1 saturated carbocycles. The number of benzene rings is 3. The van der Waals surface area contributed by atoms with Crippen LogP contribution in [-0.4, -0.2) is 35.4 Å². The van der Waals surface area contributed by atoms with Crippen molar-refractivity contribution in [1.82, 2.24) is 10.2 Å². The van der Waals surface area contributed by atoms with Crippen molar-refractivity contribution in [3.63, 3.8) is 0 Å². The molecule has 39 heavy (non-hydrogen) atoms. The molecular formula is C33H39ClN2O3. The summed E-state index contributed by atoms with van der Waals surface area (Å²) in [6.45, 7) is 4.31. The third-order valence-electron chi connectivity index (χ3n) is 7.43. The molecule has 0 spiro atoms. The Bertz CT molecular complexity index is 1210. The number of ether oxygens (including phenoxy) is 1. The fraction of sp³-hybridized carbons (Fsp3) is 0.394. The molecule has 1 fully saturated rings. The molecule has 1 aliphatic carbocycles. The summed E-state index contributed by atoms with van der Waals surface area (Å²) in [5, 5.41) is 3.82. The molecule has 0 saturated heterocycles. The van der Waals surface area contributed by atoms with Gasteiger partial charge in [-0.25, -0.2) is 0 Å². The molecule has 0 heterocycles. The van der Waals surface area contributed by atoms with Crippen molar-refractivity contribution in [2.24, 2.45) is 0 Å². The minimum Gasteiger partial charge on any atom is -0.484 e. The molecular weight excluding hydrogens is 508 g/mol. The highest BCUT2D eigenvalue weighted by Crippen LogP contribution is 2.23. The first kappa shape index (κ1) is 28.7. The van der Waals surface area contributed by atoms with Crippen LogP contribution in [0, 0.1) is 0 Å². The Morgan fingerprint density at radius 3 is 2.26 bits per heavy atom. The zero-order valence-electron chi connectivity index (χ0n) is 22.9. The van der Waals surface area contributed by atoms with Crippen LogP contribution in [-0.2, 0) is 22.6 Å². The van der Waals surface area contributed by atoms with Crippen molar-refractivity contribution < 1.29 is 14.3 Å². The van der Waals surface area contributed by atoms with E-state index in [2.05, 4.69) is 19.2 Å². The summed E-state index contributed by atoms with van der Waals surface area (Å²) in [7, 11) is 0. The first-order valence-electron chi connectivity index (χ1n) is 14.0. The van der Waals surface area contributed by atoms with E-state index >= 15 is 0 Å². The van der Waals surface area contributed by atoms with Crippen LogP contribution >= 0.6 is 11.6 Å². The Kier molecular flexibility index (Phi) is 10.4. The van der Waals surface area contributed by atoms with Crippen LogP contribution in [0.2, 0.25) is 5.02 Å². The zero-order valence-corrected chi connectivity index (χ0v) is 23.7. The number of hydrogen-bond acceptors (Lipinski definition) is 3. The second kappa shape index (κ2) is 14.2. The quantitative estimate of drug-likeness (QED) is 0.283. The monoisotopic (exact) mass is 546 g/mol. The third-order valence-corrected chi connectivity index (χ3v) is 7.80. The van der Waals surface area contributed by atoms with Gasteiger partial charge in [-0.2, -0.15) is 0 Å². The molecule has 0 radical (unpaired) electrons. The van der Waals surface area contributed by atoms with E-state index in [0.29, 0.717) is 23.1 Å². The predicted molar refractivity (Wildman–Crippen MR) is 157 cm³/mol. The summed E-state index contributed by atoms with van der Waals surface area (Å²) in [6, 6.07) is 24.5. The SMILES string of the molecule is CC(C)c1ccc(OCC(=O)N(Cc2ccccc2Cl)[C@@H](Cc2ccccc2)C(=O)NC2CCCCC2)cc1. The second-order valence-corrected chi connectivity index (χ2v) is 11.1. The number of amides is 2. The van der Waals surface area contributed by atoms with Crippen LogP contribution in [0.5, 0.6) is 5.75 Å². The van der Waals surface area contributed by atoms with Crippen LogP contribution in [0.15, 0.2) is 78.9 Å². The molecule has 0 unspecified atom stereocenters. The minimum atomic E-state index is -0.704. The van der Waals surface area contributed by atoms with Gasteiger partial charge in [-0.1, -0.05) is 105 Å². The molecule has 0 bridgehead atoms. The summed E-state index contributed by atoms with van der Waals surface area (Å²) in [6.07, 6.45) is 5.76. The number of halogens is 1. The predicted octanol–water partition coefficient (Wildman–Crippen LogP) is 6.93. The number of carbonyl (C=O) groups excluding carboxylic acids is 2. The highest BCUT2D eigenvalue weighted by molar-refractivity contribution is 6.31. The summed E-state index contributed by atoms with van der Waals surface area (Å²) in [5.41, 5.74) is 2.98. The summed E-state index contributed by atoms with van der Waals surface area (Å²) < 4.78 is 5.93. The van der Waals surface area contributed by atoms with E-state index in [1.54, 1.807) is 11.0 Å². The van der Waals surface area contributed by atoms with Gasteiger partial charge in [-0.3, -0.25) is 9.59 Å². The molecule has 206 valence electrons. The van der Waals surface area contributed by atoms with Crippen molar-refractivity contribution in [1.29, 1.82) is 0 Å². The van der Waals surface area contributed by atoms with Crippen LogP contribution in [0.3, 0.4) is 0 Å². The molecule has 0 aliphatic heterocycles. The molecule has 1 atom stereocenters. The first-order valence-corrected chi connectivity index (χ1v) is 14.4. The van der Waals surface area contributed by atoms with Gasteiger partial charge in [0, 0.05) is 24.0 Å². The Hall–Kier alpha value is -3.31. The molecule has 3 aromatic rings. The summed E-state index contributed by atoms with van der Waals surface area (Å²) in [5.74, 6) is 0.639. The van der Waals surface area contributed by atoms with Gasteiger partial charge in [0.1, 0.15) is 11.8 Å². The van der Waals surface area contributed by atoms with Crippen LogP contribution in [0.4, 0.5) is 0 Å². The van der Waals surface area contributed by atoms with E-state index < -0.39 is 6.04 Å². The van der Waals surface area contributed by atoms with Gasteiger partial charge in [0.15, 0.2) is 6.61 Å². The van der Waals surface area contributed by atoms with Crippen molar-refractivity contribution in [3.05, 3.63) is 101 Å². The molecule has 2 amide bonds. The number of rotatable bonds is 11. The summed E-state index contributed by atoms with van der Waals surface area (Å²) in [4.78, 5) is 29.3. The van der Waals surface area contributed by atoms with Crippen LogP contribution in [0.1, 0.15) is 68.6 Å². The molecule has 1 N–H and O–H groups in total. The van der Waals surface area contributed by atoms with Gasteiger partial charge in [-0.15, -0.1) is 0 Å². The maximum absolute atomic E-state index is 13.8. The maximum atomic E-state index is 13.8. The lowest BCUT2D eigenvalue weighted by Gasteiger charge is -2.33. The molecule has 0 aromatic heterocycles. The minimum absolute atomic E-state index is 0.132. The average molecular weight is 547 g/mol. The topological polar surface area (TPSA) is 58.6 Å². The van der Waals surface area contributed by atoms with Crippen molar-refractivity contribution in [2.75, 3.05) is 6.61 Å². The normalized spacial score (nSPS) is 14.6. The van der Waals surface area contributed by atoms with E-state index in [1.165, 1.54) is 12.0 Å². The highest BCUT2D eigenvalue weighted by Gasteiger charge is 2.32. The number of nitrogens with one attached hydrogen (secondary N) is 1. The van der Waals surface area contributed by atoms with E-state index in [1.807, 2.05) is 72.8 Å². The number of hydrogen-bond donors (Lipinski definition) is 1. The van der Waals surface area contributed by atoms with Crippen molar-refractivity contribution in [3.8, 4) is 5.75 Å². The molecule has 5 nitrogen and oxygen atoms in total. The van der Waals surface area contributed by atoms with Gasteiger partial charge in [0.05, 0.1) is 0 Å². The average Bonchev–Trinajstić information content (AvgIpc) is 2.95. The molecule has 3 aromatic carbocycles. The standard InChI is InChI=1S/C33H39ClN2O3/c1-24(2)26-17-19-29(20-18-26)39-23-32(37)36(22-27-13-9-10-16-30(27)34)31(21-25-11-5-3-6-12-25)33(38)35-28-14-7-4-8-15-28/h3,5-6,9-13,16-20,24,28,31H,4,7-8,14-15,21-23H2,1-2H3,(H,35,38)/t31-/m0/s1. The van der Waals surface area contributed by atoms with Gasteiger partial charge in [-0.05, 0) is 53.6 Å². The molecule has 1 aliphatic rings. The third kappa shape index (κ3) is 8.34. The summed E-state index contributed by atoms with van der Waals surface area (Å²) >= 11 is 6.52. The molecule has 4 rings (SSSR count).